The molecule has 1 saturated carbocycles. The van der Waals surface area contributed by atoms with Gasteiger partial charge >= 0.3 is 0 Å². The number of alkyl halides is 1. The lowest BCUT2D eigenvalue weighted by atomic mass is 10.1. The van der Waals surface area contributed by atoms with Crippen LogP contribution >= 0.6 is 15.9 Å². The average Bonchev–Trinajstić information content (AvgIpc) is 3.15. The number of para-hydroxylation sites is 2. The van der Waals surface area contributed by atoms with Crippen molar-refractivity contribution in [2.45, 2.75) is 25.9 Å². The van der Waals surface area contributed by atoms with Gasteiger partial charge in [-0.05, 0) is 37.3 Å². The molecule has 1 amide bonds. The van der Waals surface area contributed by atoms with Crippen molar-refractivity contribution in [1.82, 2.24) is 0 Å². The lowest BCUT2D eigenvalue weighted by Gasteiger charge is -2.35. The molecule has 3 rings (SSSR count). The quantitative estimate of drug-likeness (QED) is 0.803. The summed E-state index contributed by atoms with van der Waals surface area (Å²) in [6.07, 6.45) is 2.00. The fourth-order valence-electron chi connectivity index (χ4n) is 2.37. The average molecular weight is 310 g/mol. The highest BCUT2D eigenvalue weighted by Gasteiger charge is 2.46. The molecule has 1 aromatic carbocycles. The first kappa shape index (κ1) is 12.0. The summed E-state index contributed by atoms with van der Waals surface area (Å²) >= 11 is 3.57. The largest absolute Gasteiger partial charge is 0.479 e. The molecule has 2 aliphatic rings. The minimum absolute atomic E-state index is 0.0703. The third-order valence-electron chi connectivity index (χ3n) is 3.81. The Morgan fingerprint density at radius 1 is 1.44 bits per heavy atom. The minimum Gasteiger partial charge on any atom is -0.479 e. The van der Waals surface area contributed by atoms with E-state index >= 15 is 0 Å². The maximum absolute atomic E-state index is 12.3. The molecular weight excluding hydrogens is 294 g/mol. The second-order valence-electron chi connectivity index (χ2n) is 5.29. The number of hydrogen-bond acceptors (Lipinski definition) is 2. The predicted molar refractivity (Wildman–Crippen MR) is 74.3 cm³/mol. The first-order chi connectivity index (χ1) is 8.65. The maximum atomic E-state index is 12.3. The number of carbonyl (C=O) groups excluding carboxylic acids is 1. The van der Waals surface area contributed by atoms with Gasteiger partial charge in [0.05, 0.1) is 5.69 Å². The Labute approximate surface area is 115 Å². The zero-order valence-corrected chi connectivity index (χ0v) is 11.9. The molecule has 0 radical (unpaired) electrons. The molecule has 1 aromatic rings. The van der Waals surface area contributed by atoms with Crippen LogP contribution in [0, 0.1) is 5.41 Å². The van der Waals surface area contributed by atoms with Gasteiger partial charge in [0.15, 0.2) is 6.10 Å². The summed E-state index contributed by atoms with van der Waals surface area (Å²) in [6.45, 7) is 2.61. The van der Waals surface area contributed by atoms with E-state index in [0.29, 0.717) is 0 Å². The van der Waals surface area contributed by atoms with Crippen molar-refractivity contribution >= 4 is 27.5 Å². The first-order valence-electron chi connectivity index (χ1n) is 6.28. The molecule has 1 heterocycles. The third-order valence-corrected chi connectivity index (χ3v) is 5.00. The normalized spacial score (nSPS) is 24.4. The number of hydrogen-bond donors (Lipinski definition) is 0. The summed E-state index contributed by atoms with van der Waals surface area (Å²) < 4.78 is 5.64. The molecule has 1 unspecified atom stereocenters. The highest BCUT2D eigenvalue weighted by atomic mass is 79.9. The second kappa shape index (κ2) is 4.26. The van der Waals surface area contributed by atoms with E-state index in [1.165, 1.54) is 12.8 Å². The molecule has 0 spiro atoms. The van der Waals surface area contributed by atoms with Crippen LogP contribution in [-0.2, 0) is 4.79 Å². The summed E-state index contributed by atoms with van der Waals surface area (Å²) in [6, 6.07) is 7.78. The number of halogens is 1. The van der Waals surface area contributed by atoms with Crippen molar-refractivity contribution < 1.29 is 9.53 Å². The van der Waals surface area contributed by atoms with E-state index in [1.54, 1.807) is 0 Å². The predicted octanol–water partition coefficient (Wildman–Crippen LogP) is 2.98. The number of anilines is 1. The molecule has 0 bridgehead atoms. The lowest BCUT2D eigenvalue weighted by molar-refractivity contribution is -0.125. The van der Waals surface area contributed by atoms with Gasteiger partial charge in [-0.1, -0.05) is 28.1 Å². The Balaban J connectivity index is 1.94. The topological polar surface area (TPSA) is 29.5 Å². The third kappa shape index (κ3) is 1.92. The molecule has 0 saturated heterocycles. The molecule has 3 nitrogen and oxygen atoms in total. The van der Waals surface area contributed by atoms with Crippen molar-refractivity contribution in [3.05, 3.63) is 24.3 Å². The number of amides is 1. The fourth-order valence-corrected chi connectivity index (χ4v) is 3.11. The van der Waals surface area contributed by atoms with E-state index in [4.69, 9.17) is 4.74 Å². The van der Waals surface area contributed by atoms with Gasteiger partial charge in [-0.2, -0.15) is 0 Å². The minimum atomic E-state index is -0.383. The van der Waals surface area contributed by atoms with Crippen molar-refractivity contribution in [3.63, 3.8) is 0 Å². The van der Waals surface area contributed by atoms with Gasteiger partial charge in [0.2, 0.25) is 0 Å². The van der Waals surface area contributed by atoms with E-state index in [1.807, 2.05) is 36.1 Å². The molecule has 18 heavy (non-hydrogen) atoms. The maximum Gasteiger partial charge on any atom is 0.267 e. The number of fused-ring (bicyclic) bond motifs is 1. The summed E-state index contributed by atoms with van der Waals surface area (Å²) in [7, 11) is 0. The Morgan fingerprint density at radius 2 is 2.17 bits per heavy atom. The summed E-state index contributed by atoms with van der Waals surface area (Å²) in [5.41, 5.74) is 1.19. The Hall–Kier alpha value is -1.03. The zero-order chi connectivity index (χ0) is 12.8. The summed E-state index contributed by atoms with van der Waals surface area (Å²) in [5.74, 6) is 0.885. The van der Waals surface area contributed by atoms with Gasteiger partial charge in [0.25, 0.3) is 5.91 Å². The zero-order valence-electron chi connectivity index (χ0n) is 10.4. The summed E-state index contributed by atoms with van der Waals surface area (Å²) in [5, 5.41) is 0.960. The van der Waals surface area contributed by atoms with Gasteiger partial charge < -0.3 is 9.64 Å². The van der Waals surface area contributed by atoms with Crippen molar-refractivity contribution in [2.75, 3.05) is 16.8 Å². The van der Waals surface area contributed by atoms with Gasteiger partial charge in [0.1, 0.15) is 5.75 Å². The van der Waals surface area contributed by atoms with Gasteiger partial charge in [-0.3, -0.25) is 4.79 Å². The molecule has 1 aliphatic carbocycles. The highest BCUT2D eigenvalue weighted by Crippen LogP contribution is 2.49. The molecule has 0 N–H and O–H groups in total. The molecular formula is C14H16BrNO2. The Morgan fingerprint density at radius 3 is 2.83 bits per heavy atom. The van der Waals surface area contributed by atoms with Crippen LogP contribution in [0.1, 0.15) is 19.8 Å². The number of carbonyl (C=O) groups is 1. The van der Waals surface area contributed by atoms with Gasteiger partial charge in [-0.25, -0.2) is 0 Å². The molecule has 96 valence electrons. The van der Waals surface area contributed by atoms with E-state index < -0.39 is 0 Å². The Bertz CT molecular complexity index is 484. The molecule has 1 aliphatic heterocycles. The van der Waals surface area contributed by atoms with Crippen molar-refractivity contribution in [3.8, 4) is 5.75 Å². The number of rotatable bonds is 3. The van der Waals surface area contributed by atoms with E-state index in [9.17, 15) is 4.79 Å². The van der Waals surface area contributed by atoms with Crippen molar-refractivity contribution in [1.29, 1.82) is 0 Å². The van der Waals surface area contributed by atoms with E-state index in [2.05, 4.69) is 15.9 Å². The van der Waals surface area contributed by atoms with Crippen LogP contribution < -0.4 is 9.64 Å². The van der Waals surface area contributed by atoms with Crippen LogP contribution in [0.3, 0.4) is 0 Å². The standard InChI is InChI=1S/C14H16BrNO2/c1-10-13(17)16(9-14(8-15)6-7-14)11-4-2-3-5-12(11)18-10/h2-5,10H,6-9H2,1H3. The van der Waals surface area contributed by atoms with Crippen LogP contribution in [0.25, 0.3) is 0 Å². The van der Waals surface area contributed by atoms with Crippen LogP contribution in [0.2, 0.25) is 0 Å². The van der Waals surface area contributed by atoms with Crippen molar-refractivity contribution in [2.24, 2.45) is 5.41 Å². The first-order valence-corrected chi connectivity index (χ1v) is 7.40. The molecule has 1 atom stereocenters. The number of ether oxygens (including phenoxy) is 1. The summed E-state index contributed by atoms with van der Waals surface area (Å²) in [4.78, 5) is 14.2. The number of benzene rings is 1. The molecule has 1 fully saturated rings. The Kier molecular flexibility index (Phi) is 2.85. The second-order valence-corrected chi connectivity index (χ2v) is 5.85. The van der Waals surface area contributed by atoms with Crippen LogP contribution in [0.15, 0.2) is 24.3 Å². The molecule has 0 aromatic heterocycles. The highest BCUT2D eigenvalue weighted by molar-refractivity contribution is 9.09. The molecule has 4 heteroatoms. The van der Waals surface area contributed by atoms with Crippen LogP contribution in [-0.4, -0.2) is 23.9 Å². The van der Waals surface area contributed by atoms with E-state index in [0.717, 1.165) is 23.3 Å². The van der Waals surface area contributed by atoms with Crippen LogP contribution in [0.4, 0.5) is 5.69 Å². The van der Waals surface area contributed by atoms with E-state index in [-0.39, 0.29) is 17.4 Å². The van der Waals surface area contributed by atoms with Crippen LogP contribution in [0.5, 0.6) is 5.75 Å². The SMILES string of the molecule is CC1Oc2ccccc2N(CC2(CBr)CC2)C1=O. The lowest BCUT2D eigenvalue weighted by Crippen LogP contribution is -2.47. The van der Waals surface area contributed by atoms with Gasteiger partial charge in [0, 0.05) is 11.9 Å². The monoisotopic (exact) mass is 309 g/mol. The fraction of sp³-hybridized carbons (Fsp3) is 0.500. The number of nitrogens with zero attached hydrogens (tertiary/aromatic N) is 1. The van der Waals surface area contributed by atoms with Gasteiger partial charge in [-0.15, -0.1) is 0 Å². The smallest absolute Gasteiger partial charge is 0.267 e.